The van der Waals surface area contributed by atoms with Crippen molar-refractivity contribution in [2.75, 3.05) is 6.26 Å². The fourth-order valence-electron chi connectivity index (χ4n) is 3.48. The van der Waals surface area contributed by atoms with Crippen molar-refractivity contribution in [3.63, 3.8) is 0 Å². The van der Waals surface area contributed by atoms with Gasteiger partial charge >= 0.3 is 0 Å². The van der Waals surface area contributed by atoms with E-state index in [1.807, 2.05) is 11.8 Å². The summed E-state index contributed by atoms with van der Waals surface area (Å²) in [4.78, 5) is 14.8. The van der Waals surface area contributed by atoms with Crippen LogP contribution in [0.15, 0.2) is 0 Å². The van der Waals surface area contributed by atoms with Crippen molar-refractivity contribution in [3.8, 4) is 0 Å². The fourth-order valence-corrected chi connectivity index (χ4v) is 4.26. The second kappa shape index (κ2) is 6.49. The Morgan fingerprint density at radius 1 is 1.42 bits per heavy atom. The van der Waals surface area contributed by atoms with Crippen LogP contribution in [0, 0.1) is 5.92 Å². The van der Waals surface area contributed by atoms with Gasteiger partial charge < -0.3 is 4.90 Å². The largest absolute Gasteiger partial charge is 0.323 e. The average Bonchev–Trinajstić information content (AvgIpc) is 2.95. The molecule has 0 radical (unpaired) electrons. The van der Waals surface area contributed by atoms with Gasteiger partial charge in [-0.2, -0.15) is 11.8 Å². The summed E-state index contributed by atoms with van der Waals surface area (Å²) in [7, 11) is 0. The molecule has 1 amide bonds. The maximum atomic E-state index is 12.6. The van der Waals surface area contributed by atoms with E-state index < -0.39 is 0 Å². The van der Waals surface area contributed by atoms with Crippen LogP contribution in [0.4, 0.5) is 0 Å². The summed E-state index contributed by atoms with van der Waals surface area (Å²) in [6.07, 6.45) is 8.10. The molecule has 0 aromatic heterocycles. The zero-order chi connectivity index (χ0) is 14.0. The summed E-state index contributed by atoms with van der Waals surface area (Å²) in [5.74, 6) is 0.839. The standard InChI is InChI=1S/C15H28N2OS/c1-5-6-13-15(18)17(14(16-13)10(2)3)11-7-8-12(9-11)19-4/h10-14,16H,5-9H2,1-4H3. The van der Waals surface area contributed by atoms with Crippen molar-refractivity contribution >= 4 is 17.7 Å². The van der Waals surface area contributed by atoms with Crippen molar-refractivity contribution in [2.45, 2.75) is 76.4 Å². The summed E-state index contributed by atoms with van der Waals surface area (Å²) < 4.78 is 0. The topological polar surface area (TPSA) is 32.3 Å². The Bertz CT molecular complexity index is 321. The van der Waals surface area contributed by atoms with Gasteiger partial charge in [-0.15, -0.1) is 0 Å². The highest BCUT2D eigenvalue weighted by atomic mass is 32.2. The van der Waals surface area contributed by atoms with Gasteiger partial charge in [0.25, 0.3) is 0 Å². The molecule has 0 aromatic carbocycles. The van der Waals surface area contributed by atoms with E-state index in [2.05, 4.69) is 37.2 Å². The van der Waals surface area contributed by atoms with E-state index >= 15 is 0 Å². The predicted molar refractivity (Wildman–Crippen MR) is 82.2 cm³/mol. The third-order valence-corrected chi connectivity index (χ3v) is 5.61. The lowest BCUT2D eigenvalue weighted by molar-refractivity contribution is -0.132. The number of hydrogen-bond acceptors (Lipinski definition) is 3. The smallest absolute Gasteiger partial charge is 0.241 e. The van der Waals surface area contributed by atoms with Gasteiger partial charge in [0.15, 0.2) is 0 Å². The van der Waals surface area contributed by atoms with Gasteiger partial charge in [0, 0.05) is 11.3 Å². The van der Waals surface area contributed by atoms with Gasteiger partial charge in [-0.1, -0.05) is 27.2 Å². The summed E-state index contributed by atoms with van der Waals surface area (Å²) in [6, 6.07) is 0.525. The number of nitrogens with zero attached hydrogens (tertiary/aromatic N) is 1. The molecular formula is C15H28N2OS. The quantitative estimate of drug-likeness (QED) is 0.842. The number of nitrogens with one attached hydrogen (secondary N) is 1. The molecule has 1 aliphatic carbocycles. The Kier molecular flexibility index (Phi) is 5.18. The molecule has 1 heterocycles. The minimum atomic E-state index is 0.0609. The third-order valence-electron chi connectivity index (χ3n) is 4.52. The van der Waals surface area contributed by atoms with Crippen molar-refractivity contribution in [1.82, 2.24) is 10.2 Å². The van der Waals surface area contributed by atoms with Crippen molar-refractivity contribution in [1.29, 1.82) is 0 Å². The van der Waals surface area contributed by atoms with E-state index in [0.29, 0.717) is 17.9 Å². The summed E-state index contributed by atoms with van der Waals surface area (Å²) in [5.41, 5.74) is 0. The van der Waals surface area contributed by atoms with Crippen LogP contribution < -0.4 is 5.32 Å². The van der Waals surface area contributed by atoms with Crippen molar-refractivity contribution in [3.05, 3.63) is 0 Å². The Balaban J connectivity index is 2.09. The Morgan fingerprint density at radius 2 is 2.16 bits per heavy atom. The zero-order valence-corrected chi connectivity index (χ0v) is 13.5. The number of carbonyl (C=O) groups is 1. The lowest BCUT2D eigenvalue weighted by Crippen LogP contribution is -2.46. The number of amides is 1. The first-order valence-corrected chi connectivity index (χ1v) is 8.98. The molecule has 0 spiro atoms. The molecule has 0 bridgehead atoms. The Hall–Kier alpha value is -0.220. The maximum Gasteiger partial charge on any atom is 0.241 e. The lowest BCUT2D eigenvalue weighted by atomic mass is 10.1. The molecule has 1 aliphatic heterocycles. The second-order valence-corrected chi connectivity index (χ2v) is 7.40. The van der Waals surface area contributed by atoms with Gasteiger partial charge in [-0.3, -0.25) is 10.1 Å². The molecule has 3 nitrogen and oxygen atoms in total. The van der Waals surface area contributed by atoms with Gasteiger partial charge in [0.05, 0.1) is 12.2 Å². The number of thioether (sulfide) groups is 1. The van der Waals surface area contributed by atoms with E-state index in [1.54, 1.807) is 0 Å². The molecule has 1 N–H and O–H groups in total. The van der Waals surface area contributed by atoms with Crippen LogP contribution in [-0.2, 0) is 4.79 Å². The van der Waals surface area contributed by atoms with E-state index in [-0.39, 0.29) is 12.2 Å². The van der Waals surface area contributed by atoms with Gasteiger partial charge in [-0.25, -0.2) is 0 Å². The highest BCUT2D eigenvalue weighted by molar-refractivity contribution is 7.99. The first-order chi connectivity index (χ1) is 9.08. The Morgan fingerprint density at radius 3 is 2.68 bits per heavy atom. The lowest BCUT2D eigenvalue weighted by Gasteiger charge is -2.32. The Labute approximate surface area is 121 Å². The zero-order valence-electron chi connectivity index (χ0n) is 12.7. The summed E-state index contributed by atoms with van der Waals surface area (Å²) in [5, 5.41) is 4.32. The van der Waals surface area contributed by atoms with E-state index in [9.17, 15) is 4.79 Å². The average molecular weight is 284 g/mol. The van der Waals surface area contributed by atoms with Gasteiger partial charge in [0.1, 0.15) is 0 Å². The van der Waals surface area contributed by atoms with Crippen LogP contribution in [0.5, 0.6) is 0 Å². The molecule has 19 heavy (non-hydrogen) atoms. The summed E-state index contributed by atoms with van der Waals surface area (Å²) in [6.45, 7) is 6.59. The molecule has 2 fully saturated rings. The molecule has 4 unspecified atom stereocenters. The van der Waals surface area contributed by atoms with Gasteiger partial charge in [0.2, 0.25) is 5.91 Å². The molecule has 2 aliphatic rings. The third kappa shape index (κ3) is 3.10. The highest BCUT2D eigenvalue weighted by Crippen LogP contribution is 2.35. The number of rotatable bonds is 5. The molecule has 4 atom stereocenters. The van der Waals surface area contributed by atoms with Crippen LogP contribution >= 0.6 is 11.8 Å². The van der Waals surface area contributed by atoms with Crippen LogP contribution in [-0.4, -0.2) is 40.6 Å². The normalized spacial score (nSPS) is 35.6. The predicted octanol–water partition coefficient (Wildman–Crippen LogP) is 2.85. The summed E-state index contributed by atoms with van der Waals surface area (Å²) >= 11 is 1.96. The van der Waals surface area contributed by atoms with E-state index in [0.717, 1.165) is 18.1 Å². The van der Waals surface area contributed by atoms with Crippen LogP contribution in [0.25, 0.3) is 0 Å². The minimum Gasteiger partial charge on any atom is -0.323 e. The maximum absolute atomic E-state index is 12.6. The van der Waals surface area contributed by atoms with Crippen LogP contribution in [0.2, 0.25) is 0 Å². The molecule has 0 aromatic rings. The highest BCUT2D eigenvalue weighted by Gasteiger charge is 2.44. The van der Waals surface area contributed by atoms with Gasteiger partial charge in [-0.05, 0) is 37.9 Å². The second-order valence-electron chi connectivity index (χ2n) is 6.27. The SMILES string of the molecule is CCCC1NC(C(C)C)N(C2CCC(SC)C2)C1=O. The van der Waals surface area contributed by atoms with Crippen LogP contribution in [0.3, 0.4) is 0 Å². The van der Waals surface area contributed by atoms with E-state index in [4.69, 9.17) is 0 Å². The molecule has 1 saturated carbocycles. The van der Waals surface area contributed by atoms with E-state index in [1.165, 1.54) is 19.3 Å². The molecule has 4 heteroatoms. The molecule has 1 saturated heterocycles. The molecular weight excluding hydrogens is 256 g/mol. The first kappa shape index (κ1) is 15.2. The van der Waals surface area contributed by atoms with Crippen molar-refractivity contribution < 1.29 is 4.79 Å². The minimum absolute atomic E-state index is 0.0609. The molecule has 110 valence electrons. The number of hydrogen-bond donors (Lipinski definition) is 1. The first-order valence-electron chi connectivity index (χ1n) is 7.69. The molecule has 2 rings (SSSR count). The van der Waals surface area contributed by atoms with Crippen molar-refractivity contribution in [2.24, 2.45) is 5.92 Å². The monoisotopic (exact) mass is 284 g/mol. The fraction of sp³-hybridized carbons (Fsp3) is 0.933. The number of carbonyl (C=O) groups excluding carboxylic acids is 1. The van der Waals surface area contributed by atoms with Crippen LogP contribution in [0.1, 0.15) is 52.9 Å².